The number of para-hydroxylation sites is 2. The minimum absolute atomic E-state index is 0.130. The molecule has 0 unspecified atom stereocenters. The van der Waals surface area contributed by atoms with E-state index in [1.165, 1.54) is 0 Å². The predicted molar refractivity (Wildman–Crippen MR) is 559 cm³/mol. The van der Waals surface area contributed by atoms with Crippen molar-refractivity contribution in [1.82, 2.24) is 9.13 Å². The maximum atomic E-state index is 11.3. The summed E-state index contributed by atoms with van der Waals surface area (Å²) in [5.41, 5.74) is 4.82. The molecule has 128 heavy (non-hydrogen) atoms. The van der Waals surface area contributed by atoms with Gasteiger partial charge in [0.25, 0.3) is 6.71 Å². The molecular formula is C123H141BN4. The average Bonchev–Trinajstić information content (AvgIpc) is 0.853. The summed E-state index contributed by atoms with van der Waals surface area (Å²) in [6, 6.07) is 61.2. The van der Waals surface area contributed by atoms with Gasteiger partial charge in [0.2, 0.25) is 0 Å². The summed E-state index contributed by atoms with van der Waals surface area (Å²) in [4.78, 5) is 4.16. The highest BCUT2D eigenvalue weighted by Crippen LogP contribution is 2.54. The number of fused-ring (bicyclic) bond motifs is 10. The zero-order valence-corrected chi connectivity index (χ0v) is 80.4. The molecule has 4 heterocycles. The van der Waals surface area contributed by atoms with Crippen molar-refractivity contribution in [3.8, 4) is 55.9 Å². The molecule has 17 rings (SSSR count). The second-order valence-corrected chi connectivity index (χ2v) is 45.6. The number of aromatic nitrogens is 2. The van der Waals surface area contributed by atoms with Crippen LogP contribution in [0, 0.1) is 48.7 Å². The Morgan fingerprint density at radius 2 is 0.570 bits per heavy atom. The Hall–Kier alpha value is -10.9. The van der Waals surface area contributed by atoms with Crippen molar-refractivity contribution in [1.29, 1.82) is 0 Å². The van der Waals surface area contributed by atoms with E-state index in [4.69, 9.17) is 0 Å². The lowest BCUT2D eigenvalue weighted by atomic mass is 9.33. The third-order valence-electron chi connectivity index (χ3n) is 23.0. The number of anilines is 6. The molecule has 5 heteroatoms. The lowest BCUT2D eigenvalue weighted by molar-refractivity contribution is 0.410. The Morgan fingerprint density at radius 1 is 0.250 bits per heavy atom. The molecule has 0 amide bonds. The highest BCUT2D eigenvalue weighted by molar-refractivity contribution is 7.00. The second kappa shape index (κ2) is 32.6. The second-order valence-electron chi connectivity index (χ2n) is 45.6. The molecule has 0 aliphatic carbocycles. The summed E-state index contributed by atoms with van der Waals surface area (Å²) in [6.07, 6.45) is -13.8. The monoisotopic (exact) mass is 1710 g/mol. The fourth-order valence-corrected chi connectivity index (χ4v) is 19.1. The first-order valence-corrected chi connectivity index (χ1v) is 45.7. The first-order chi connectivity index (χ1) is 68.7. The van der Waals surface area contributed by atoms with E-state index in [9.17, 15) is 30.2 Å². The molecular weight excluding hydrogens is 1540 g/mol. The summed E-state index contributed by atoms with van der Waals surface area (Å²) >= 11 is 0. The predicted octanol–water partition coefficient (Wildman–Crippen LogP) is 32.9. The molecule has 2 aliphatic rings. The number of nitrogens with zero attached hydrogens (tertiary/aromatic N) is 4. The third kappa shape index (κ3) is 19.1. The number of rotatable bonds is 17. The van der Waals surface area contributed by atoms with Crippen LogP contribution in [0.15, 0.2) is 255 Å². The van der Waals surface area contributed by atoms with E-state index in [0.717, 1.165) is 11.1 Å². The van der Waals surface area contributed by atoms with E-state index >= 15 is 0 Å². The maximum Gasteiger partial charge on any atom is 0.252 e. The van der Waals surface area contributed by atoms with Gasteiger partial charge in [-0.1, -0.05) is 345 Å². The van der Waals surface area contributed by atoms with Gasteiger partial charge in [0.1, 0.15) is 0 Å². The third-order valence-corrected chi connectivity index (χ3v) is 23.0. The quantitative estimate of drug-likeness (QED) is 0.0845. The molecule has 2 aliphatic heterocycles. The van der Waals surface area contributed by atoms with Crippen molar-refractivity contribution in [2.45, 2.75) is 244 Å². The van der Waals surface area contributed by atoms with Gasteiger partial charge >= 0.3 is 0 Å². The number of hydrogen-bond donors (Lipinski definition) is 0. The maximum absolute atomic E-state index is 11.3. The fraction of sp³-hybridized carbons (Fsp3) is 0.366. The van der Waals surface area contributed by atoms with E-state index in [0.29, 0.717) is 163 Å². The van der Waals surface area contributed by atoms with Gasteiger partial charge in [-0.15, -0.1) is 0 Å². The van der Waals surface area contributed by atoms with Crippen molar-refractivity contribution >= 4 is 101 Å². The molecule has 15 aromatic rings. The largest absolute Gasteiger partial charge is 0.311 e. The molecule has 13 aromatic carbocycles. The van der Waals surface area contributed by atoms with Gasteiger partial charge in [-0.2, -0.15) is 0 Å². The molecule has 2 aromatic heterocycles. The van der Waals surface area contributed by atoms with E-state index in [-0.39, 0.29) is 73.5 Å². The zero-order chi connectivity index (χ0) is 111. The summed E-state index contributed by atoms with van der Waals surface area (Å²) in [6.45, 7) is 50.3. The zero-order valence-electron chi connectivity index (χ0n) is 102. The molecule has 0 bridgehead atoms. The van der Waals surface area contributed by atoms with Gasteiger partial charge in [-0.3, -0.25) is 0 Å². The van der Waals surface area contributed by atoms with Crippen LogP contribution in [0.25, 0.3) is 99.5 Å². The van der Waals surface area contributed by atoms with Crippen LogP contribution in [0.5, 0.6) is 0 Å². The van der Waals surface area contributed by atoms with Crippen molar-refractivity contribution < 1.29 is 30.2 Å². The highest BCUT2D eigenvalue weighted by Gasteiger charge is 2.46. The summed E-state index contributed by atoms with van der Waals surface area (Å²) in [7, 11) is 0. The van der Waals surface area contributed by atoms with Crippen molar-refractivity contribution in [2.24, 2.45) is 48.7 Å². The van der Waals surface area contributed by atoms with Gasteiger partial charge in [-0.25, -0.2) is 0 Å². The van der Waals surface area contributed by atoms with Crippen molar-refractivity contribution in [3.63, 3.8) is 0 Å². The van der Waals surface area contributed by atoms with Gasteiger partial charge in [0.15, 0.2) is 0 Å². The minimum atomic E-state index is -2.38. The van der Waals surface area contributed by atoms with E-state index in [2.05, 4.69) is 51.3 Å². The summed E-state index contributed by atoms with van der Waals surface area (Å²) < 4.78 is 229. The van der Waals surface area contributed by atoms with Gasteiger partial charge in [0, 0.05) is 86.0 Å². The van der Waals surface area contributed by atoms with Crippen molar-refractivity contribution in [2.75, 3.05) is 9.80 Å². The van der Waals surface area contributed by atoms with Crippen LogP contribution in [0.4, 0.5) is 34.1 Å². The molecule has 0 saturated heterocycles. The van der Waals surface area contributed by atoms with Crippen LogP contribution in [-0.4, -0.2) is 15.8 Å². The minimum Gasteiger partial charge on any atom is -0.311 e. The first-order valence-electron chi connectivity index (χ1n) is 56.7. The topological polar surface area (TPSA) is 16.3 Å². The Bertz CT molecular complexity index is 7600. The lowest BCUT2D eigenvalue weighted by Gasteiger charge is -2.46. The Balaban J connectivity index is 1.16. The first kappa shape index (κ1) is 65.6. The summed E-state index contributed by atoms with van der Waals surface area (Å²) in [5.74, 6) is 0. The molecule has 0 fully saturated rings. The summed E-state index contributed by atoms with van der Waals surface area (Å²) in [5, 5.41) is 1.67. The van der Waals surface area contributed by atoms with Gasteiger partial charge in [0.05, 0.1) is 44.4 Å². The van der Waals surface area contributed by atoms with Crippen LogP contribution in [0.2, 0.25) is 0 Å². The molecule has 0 spiro atoms. The Morgan fingerprint density at radius 3 is 0.898 bits per heavy atom. The van der Waals surface area contributed by atoms with Crippen LogP contribution >= 0.6 is 0 Å². The van der Waals surface area contributed by atoms with Crippen molar-refractivity contribution in [3.05, 3.63) is 305 Å². The molecule has 0 N–H and O–H groups in total. The normalized spacial score (nSPS) is 16.9. The van der Waals surface area contributed by atoms with Gasteiger partial charge in [-0.05, 0) is 303 Å². The molecule has 4 nitrogen and oxygen atoms in total. The standard InChI is InChI=1S/C123H141BN4/c1-115(2,3)70-79-36-32-40-86(56-79)96-68-108(98(64-90(96)77-122(22,23)24)88-42-34-38-81(58-88)72-117(7,8)9)127-110-66-92(125-104-46-30-28-44-94(104)100-60-83(48-54-106(100)125)74-119(13,14)15)50-52-102(110)124-103-53-51-93(126-105-47-31-29-45-95(105)101-61-84(49-55-107(101)126)75-120(16,17)18)67-111(103)128(113-63-85(76-121(19,20)21)62-112(127)114(113)124)109-69-97(87-41-33-37-80(57-87)71-116(4,5)6)91(78-123(25,26)27)65-99(109)89-43-35-39-82(59-89)73-118(10,11)12/h28-69H,70-78H2,1-27H3/i28D,29D,30D,31D,44D,45D,46D,47D,70D2,71D2,72D2,73D2,76D2,77D2,78D2. The molecule has 0 atom stereocenters. The fourth-order valence-electron chi connectivity index (χ4n) is 19.1. The van der Waals surface area contributed by atoms with Crippen LogP contribution in [0.1, 0.15) is 267 Å². The molecule has 656 valence electrons. The lowest BCUT2D eigenvalue weighted by Crippen LogP contribution is -2.61. The van der Waals surface area contributed by atoms with E-state index < -0.39 is 113 Å². The van der Waals surface area contributed by atoms with Crippen LogP contribution in [0.3, 0.4) is 0 Å². The van der Waals surface area contributed by atoms with E-state index in [1.54, 1.807) is 60.7 Å². The number of benzene rings is 13. The molecule has 0 radical (unpaired) electrons. The Labute approximate surface area is 799 Å². The smallest absolute Gasteiger partial charge is 0.252 e. The van der Waals surface area contributed by atoms with Gasteiger partial charge < -0.3 is 18.9 Å². The molecule has 0 saturated carbocycles. The Kier molecular flexibility index (Phi) is 16.7. The van der Waals surface area contributed by atoms with Crippen LogP contribution < -0.4 is 26.2 Å². The van der Waals surface area contributed by atoms with E-state index in [1.807, 2.05) is 300 Å². The van der Waals surface area contributed by atoms with Crippen LogP contribution in [-0.2, 0) is 57.5 Å². The SMILES string of the molecule is [2H]c1c([2H])c([2H])c2c(c1[2H])c1cc(CC(C)(C)C)ccc1n2-c1ccc2c(c1)N(c1cc(-c3cccc(C([2H])([2H])C(C)(C)C)c3)c(C([2H])([2H])C(C)(C)C)cc1-c1cccc(C([2H])([2H])C(C)(C)C)c1)c1cc(C([2H])([2H])C(C)(C)C)cc3c1B2c1ccc(-n2c4ccc(CC(C)(C)C)cc4c4c([2H])c([2H])c([2H])c([2H])c42)cc1N3c1cc(-c2cccc(C([2H])([2H])C(C)(C)C)c2)c(C([2H])([2H])C(C)(C)C)cc1-c1cccc(C([2H])([2H])C(C)(C)C)c1. The number of hydrogen-bond acceptors (Lipinski definition) is 2. The average molecular weight is 1710 g/mol. The highest BCUT2D eigenvalue weighted by atomic mass is 15.2.